The SMILES string of the molecule is COc1cc(N2CC(S(=O)(=O)Cl)CC2=O)nc(OC)n1. The number of rotatable bonds is 4. The Kier molecular flexibility index (Phi) is 4.00. The minimum atomic E-state index is -3.80. The molecule has 2 rings (SSSR count). The van der Waals surface area contributed by atoms with Crippen LogP contribution in [0.5, 0.6) is 11.9 Å². The lowest BCUT2D eigenvalue weighted by Crippen LogP contribution is -2.27. The fraction of sp³-hybridized carbons (Fsp3) is 0.500. The van der Waals surface area contributed by atoms with Gasteiger partial charge in [0, 0.05) is 29.7 Å². The van der Waals surface area contributed by atoms with Gasteiger partial charge in [-0.05, 0) is 0 Å². The number of methoxy groups -OCH3 is 2. The largest absolute Gasteiger partial charge is 0.481 e. The average molecular weight is 322 g/mol. The second kappa shape index (κ2) is 5.41. The topological polar surface area (TPSA) is 98.7 Å². The first-order valence-corrected chi connectivity index (χ1v) is 7.93. The van der Waals surface area contributed by atoms with Gasteiger partial charge < -0.3 is 9.47 Å². The van der Waals surface area contributed by atoms with Gasteiger partial charge in [-0.25, -0.2) is 8.42 Å². The summed E-state index contributed by atoms with van der Waals surface area (Å²) in [7, 11) is 4.26. The number of aromatic nitrogens is 2. The van der Waals surface area contributed by atoms with Crippen LogP contribution >= 0.6 is 10.7 Å². The molecule has 1 amide bonds. The molecule has 0 aliphatic carbocycles. The summed E-state index contributed by atoms with van der Waals surface area (Å²) in [5, 5.41) is -0.955. The number of nitrogens with zero attached hydrogens (tertiary/aromatic N) is 3. The molecule has 0 aromatic carbocycles. The van der Waals surface area contributed by atoms with Crippen molar-refractivity contribution in [1.29, 1.82) is 0 Å². The zero-order chi connectivity index (χ0) is 14.9. The Bertz CT molecular complexity index is 614. The van der Waals surface area contributed by atoms with E-state index in [2.05, 4.69) is 9.97 Å². The molecule has 0 spiro atoms. The second-order valence-corrected chi connectivity index (χ2v) is 6.97. The van der Waals surface area contributed by atoms with Crippen molar-refractivity contribution in [3.63, 3.8) is 0 Å². The fourth-order valence-electron chi connectivity index (χ4n) is 1.81. The quantitative estimate of drug-likeness (QED) is 0.729. The molecule has 1 aliphatic heterocycles. The predicted molar refractivity (Wildman–Crippen MR) is 70.7 cm³/mol. The molecular weight excluding hydrogens is 310 g/mol. The Morgan fingerprint density at radius 2 is 2.05 bits per heavy atom. The summed E-state index contributed by atoms with van der Waals surface area (Å²) in [6, 6.07) is 1.44. The number of carbonyl (C=O) groups excluding carboxylic acids is 1. The number of anilines is 1. The van der Waals surface area contributed by atoms with Crippen LogP contribution in [0.25, 0.3) is 0 Å². The summed E-state index contributed by atoms with van der Waals surface area (Å²) in [6.45, 7) is -0.0615. The Labute approximate surface area is 120 Å². The predicted octanol–water partition coefficient (Wildman–Crippen LogP) is 0.168. The van der Waals surface area contributed by atoms with Crippen LogP contribution in [0.4, 0.5) is 5.82 Å². The van der Waals surface area contributed by atoms with Gasteiger partial charge in [0.25, 0.3) is 0 Å². The smallest absolute Gasteiger partial charge is 0.321 e. The first kappa shape index (κ1) is 14.8. The van der Waals surface area contributed by atoms with Crippen molar-refractivity contribution >= 4 is 31.5 Å². The summed E-state index contributed by atoms with van der Waals surface area (Å²) in [4.78, 5) is 21.0. The van der Waals surface area contributed by atoms with Gasteiger partial charge >= 0.3 is 6.01 Å². The highest BCUT2D eigenvalue weighted by Crippen LogP contribution is 2.28. The molecule has 1 atom stereocenters. The molecule has 8 nitrogen and oxygen atoms in total. The van der Waals surface area contributed by atoms with E-state index in [1.54, 1.807) is 0 Å². The third-order valence-corrected chi connectivity index (χ3v) is 4.69. The molecule has 10 heteroatoms. The van der Waals surface area contributed by atoms with Crippen LogP contribution in [0.2, 0.25) is 0 Å². The molecular formula is C10H12ClN3O5S. The van der Waals surface area contributed by atoms with Gasteiger partial charge in [-0.3, -0.25) is 9.69 Å². The summed E-state index contributed by atoms with van der Waals surface area (Å²) in [5.74, 6) is 0.0281. The monoisotopic (exact) mass is 321 g/mol. The van der Waals surface area contributed by atoms with Crippen LogP contribution in [0.15, 0.2) is 6.07 Å². The van der Waals surface area contributed by atoms with Gasteiger partial charge in [-0.2, -0.15) is 9.97 Å². The summed E-state index contributed by atoms with van der Waals surface area (Å²) in [6.07, 6.45) is -0.180. The standard InChI is InChI=1S/C10H12ClN3O5S/c1-18-8-4-7(12-10(13-8)19-2)14-5-6(3-9(14)15)20(11,16)17/h4,6H,3,5H2,1-2H3. The van der Waals surface area contributed by atoms with Crippen LogP contribution in [-0.4, -0.2) is 50.3 Å². The molecule has 1 aromatic rings. The number of hydrogen-bond acceptors (Lipinski definition) is 7. The van der Waals surface area contributed by atoms with Crippen LogP contribution in [0, 0.1) is 0 Å². The molecule has 2 heterocycles. The molecule has 0 saturated carbocycles. The van der Waals surface area contributed by atoms with Crippen molar-refractivity contribution in [2.24, 2.45) is 0 Å². The van der Waals surface area contributed by atoms with E-state index in [0.29, 0.717) is 0 Å². The minimum Gasteiger partial charge on any atom is -0.481 e. The van der Waals surface area contributed by atoms with Crippen molar-refractivity contribution in [2.75, 3.05) is 25.7 Å². The van der Waals surface area contributed by atoms with Crippen molar-refractivity contribution in [3.8, 4) is 11.9 Å². The molecule has 20 heavy (non-hydrogen) atoms. The highest BCUT2D eigenvalue weighted by Gasteiger charge is 2.38. The van der Waals surface area contributed by atoms with Gasteiger partial charge in [0.15, 0.2) is 0 Å². The van der Waals surface area contributed by atoms with E-state index in [0.717, 1.165) is 0 Å². The Morgan fingerprint density at radius 1 is 1.35 bits per heavy atom. The van der Waals surface area contributed by atoms with Gasteiger partial charge in [-0.15, -0.1) is 0 Å². The third-order valence-electron chi connectivity index (χ3n) is 2.82. The zero-order valence-electron chi connectivity index (χ0n) is 10.7. The molecule has 0 radical (unpaired) electrons. The van der Waals surface area contributed by atoms with E-state index in [4.69, 9.17) is 20.2 Å². The first-order chi connectivity index (χ1) is 9.35. The second-order valence-electron chi connectivity index (χ2n) is 4.06. The molecule has 1 aliphatic rings. The first-order valence-electron chi connectivity index (χ1n) is 5.56. The molecule has 110 valence electrons. The van der Waals surface area contributed by atoms with E-state index in [9.17, 15) is 13.2 Å². The third kappa shape index (κ3) is 2.93. The van der Waals surface area contributed by atoms with Crippen LogP contribution in [0.3, 0.4) is 0 Å². The van der Waals surface area contributed by atoms with Gasteiger partial charge in [0.1, 0.15) is 11.1 Å². The summed E-state index contributed by atoms with van der Waals surface area (Å²) >= 11 is 0. The highest BCUT2D eigenvalue weighted by atomic mass is 35.7. The molecule has 1 unspecified atom stereocenters. The van der Waals surface area contributed by atoms with Gasteiger partial charge in [0.2, 0.25) is 20.8 Å². The van der Waals surface area contributed by atoms with Crippen molar-refractivity contribution in [1.82, 2.24) is 9.97 Å². The Hall–Kier alpha value is -1.61. The van der Waals surface area contributed by atoms with Crippen LogP contribution in [0.1, 0.15) is 6.42 Å². The van der Waals surface area contributed by atoms with E-state index >= 15 is 0 Å². The molecule has 1 aromatic heterocycles. The van der Waals surface area contributed by atoms with Crippen molar-refractivity contribution in [2.45, 2.75) is 11.7 Å². The van der Waals surface area contributed by atoms with Crippen molar-refractivity contribution < 1.29 is 22.7 Å². The van der Waals surface area contributed by atoms with Crippen molar-refractivity contribution in [3.05, 3.63) is 6.07 Å². The maximum atomic E-state index is 11.9. The van der Waals surface area contributed by atoms with E-state index in [-0.39, 0.29) is 36.6 Å². The van der Waals surface area contributed by atoms with E-state index in [1.165, 1.54) is 25.2 Å². The molecule has 1 saturated heterocycles. The number of amides is 1. The number of halogens is 1. The lowest BCUT2D eigenvalue weighted by Gasteiger charge is -2.16. The maximum Gasteiger partial charge on any atom is 0.321 e. The number of ether oxygens (including phenoxy) is 2. The minimum absolute atomic E-state index is 0.0179. The average Bonchev–Trinajstić information content (AvgIpc) is 2.80. The Balaban J connectivity index is 2.34. The summed E-state index contributed by atoms with van der Waals surface area (Å²) in [5.41, 5.74) is 0. The van der Waals surface area contributed by atoms with Gasteiger partial charge in [-0.1, -0.05) is 0 Å². The molecule has 0 bridgehead atoms. The summed E-state index contributed by atoms with van der Waals surface area (Å²) < 4.78 is 32.5. The normalized spacial score (nSPS) is 19.2. The number of hydrogen-bond donors (Lipinski definition) is 0. The molecule has 1 fully saturated rings. The van der Waals surface area contributed by atoms with E-state index in [1.807, 2.05) is 0 Å². The maximum absolute atomic E-state index is 11.9. The number of carbonyl (C=O) groups is 1. The molecule has 0 N–H and O–H groups in total. The highest BCUT2D eigenvalue weighted by molar-refractivity contribution is 8.14. The Morgan fingerprint density at radius 3 is 2.55 bits per heavy atom. The van der Waals surface area contributed by atoms with Gasteiger partial charge in [0.05, 0.1) is 14.2 Å². The van der Waals surface area contributed by atoms with E-state index < -0.39 is 14.3 Å². The fourth-order valence-corrected chi connectivity index (χ4v) is 2.84. The van der Waals surface area contributed by atoms with Crippen LogP contribution in [-0.2, 0) is 13.8 Å². The lowest BCUT2D eigenvalue weighted by molar-refractivity contribution is -0.117. The zero-order valence-corrected chi connectivity index (χ0v) is 12.3. The lowest BCUT2D eigenvalue weighted by atomic mass is 10.4. The van der Waals surface area contributed by atoms with Crippen LogP contribution < -0.4 is 14.4 Å².